The summed E-state index contributed by atoms with van der Waals surface area (Å²) in [6.45, 7) is 0.444. The molecule has 1 aromatic carbocycles. The van der Waals surface area contributed by atoms with Crippen molar-refractivity contribution < 1.29 is 24.5 Å². The van der Waals surface area contributed by atoms with E-state index in [2.05, 4.69) is 0 Å². The second-order valence-corrected chi connectivity index (χ2v) is 3.92. The van der Waals surface area contributed by atoms with Crippen LogP contribution in [-0.2, 0) is 15.9 Å². The van der Waals surface area contributed by atoms with Crippen LogP contribution < -0.4 is 0 Å². The van der Waals surface area contributed by atoms with E-state index in [4.69, 9.17) is 14.6 Å². The maximum absolute atomic E-state index is 11.0. The molecule has 1 aliphatic heterocycles. The van der Waals surface area contributed by atoms with Crippen molar-refractivity contribution in [1.82, 2.24) is 0 Å². The van der Waals surface area contributed by atoms with Gasteiger partial charge < -0.3 is 19.7 Å². The van der Waals surface area contributed by atoms with Gasteiger partial charge in [0.2, 0.25) is 0 Å². The summed E-state index contributed by atoms with van der Waals surface area (Å²) in [5.41, 5.74) is 0.923. The van der Waals surface area contributed by atoms with E-state index in [1.54, 1.807) is 24.3 Å². The fourth-order valence-electron chi connectivity index (χ4n) is 1.74. The van der Waals surface area contributed by atoms with Gasteiger partial charge in [-0.05, 0) is 11.6 Å². The summed E-state index contributed by atoms with van der Waals surface area (Å²) in [7, 11) is 0. The van der Waals surface area contributed by atoms with Crippen molar-refractivity contribution in [2.45, 2.75) is 18.8 Å². The van der Waals surface area contributed by atoms with Crippen molar-refractivity contribution in [3.63, 3.8) is 0 Å². The lowest BCUT2D eigenvalue weighted by atomic mass is 10.0. The minimum Gasteiger partial charge on any atom is -0.478 e. The lowest BCUT2D eigenvalue weighted by molar-refractivity contribution is -0.214. The fourth-order valence-corrected chi connectivity index (χ4v) is 1.74. The molecule has 1 fully saturated rings. The zero-order valence-corrected chi connectivity index (χ0v) is 9.20. The Morgan fingerprint density at radius 1 is 1.29 bits per heavy atom. The van der Waals surface area contributed by atoms with E-state index in [-0.39, 0.29) is 18.8 Å². The number of ether oxygens (including phenoxy) is 2. The second-order valence-electron chi connectivity index (χ2n) is 3.92. The first-order valence-electron chi connectivity index (χ1n) is 5.39. The predicted octanol–water partition coefficient (Wildman–Crippen LogP) is 0.661. The summed E-state index contributed by atoms with van der Waals surface area (Å²) in [6.07, 6.45) is -0.713. The molecule has 2 N–H and O–H groups in total. The molecule has 0 saturated carbocycles. The number of aromatic carboxylic acids is 1. The Labute approximate surface area is 98.6 Å². The van der Waals surface area contributed by atoms with Gasteiger partial charge in [0.25, 0.3) is 0 Å². The average Bonchev–Trinajstić information content (AvgIpc) is 2.32. The van der Waals surface area contributed by atoms with Crippen molar-refractivity contribution in [3.8, 4) is 0 Å². The summed E-state index contributed by atoms with van der Waals surface area (Å²) in [5.74, 6) is -0.962. The summed E-state index contributed by atoms with van der Waals surface area (Å²) in [5, 5.41) is 18.2. The molecule has 1 saturated heterocycles. The summed E-state index contributed by atoms with van der Waals surface area (Å²) >= 11 is 0. The molecule has 1 heterocycles. The van der Waals surface area contributed by atoms with Gasteiger partial charge in [-0.25, -0.2) is 4.79 Å². The number of hydrogen-bond donors (Lipinski definition) is 2. The lowest BCUT2D eigenvalue weighted by Crippen LogP contribution is -2.36. The van der Waals surface area contributed by atoms with Crippen LogP contribution in [-0.4, -0.2) is 41.8 Å². The van der Waals surface area contributed by atoms with E-state index in [1.807, 2.05) is 0 Å². The number of rotatable bonds is 3. The van der Waals surface area contributed by atoms with Crippen LogP contribution in [0.25, 0.3) is 0 Å². The van der Waals surface area contributed by atoms with Crippen molar-refractivity contribution in [3.05, 3.63) is 35.4 Å². The molecular weight excluding hydrogens is 224 g/mol. The maximum Gasteiger partial charge on any atom is 0.335 e. The van der Waals surface area contributed by atoms with E-state index < -0.39 is 18.4 Å². The molecule has 0 radical (unpaired) electrons. The molecule has 0 bridgehead atoms. The van der Waals surface area contributed by atoms with Gasteiger partial charge in [-0.3, -0.25) is 0 Å². The zero-order valence-electron chi connectivity index (χ0n) is 9.20. The van der Waals surface area contributed by atoms with E-state index in [0.717, 1.165) is 0 Å². The van der Waals surface area contributed by atoms with Gasteiger partial charge in [0.15, 0.2) is 6.29 Å². The summed E-state index contributed by atoms with van der Waals surface area (Å²) < 4.78 is 10.5. The van der Waals surface area contributed by atoms with Crippen LogP contribution in [0.5, 0.6) is 0 Å². The van der Waals surface area contributed by atoms with Gasteiger partial charge in [0.05, 0.1) is 18.8 Å². The zero-order chi connectivity index (χ0) is 12.3. The van der Waals surface area contributed by atoms with Gasteiger partial charge in [-0.1, -0.05) is 18.2 Å². The van der Waals surface area contributed by atoms with Crippen molar-refractivity contribution in [2.75, 3.05) is 13.2 Å². The molecule has 2 rings (SSSR count). The van der Waals surface area contributed by atoms with Gasteiger partial charge in [-0.2, -0.15) is 0 Å². The minimum absolute atomic E-state index is 0.222. The van der Waals surface area contributed by atoms with Gasteiger partial charge in [0, 0.05) is 6.42 Å². The summed E-state index contributed by atoms with van der Waals surface area (Å²) in [4.78, 5) is 11.0. The third-order valence-electron chi connectivity index (χ3n) is 2.58. The molecule has 5 heteroatoms. The van der Waals surface area contributed by atoms with Gasteiger partial charge in [0.1, 0.15) is 6.10 Å². The number of hydrogen-bond acceptors (Lipinski definition) is 4. The SMILES string of the molecule is O=C(O)c1ccccc1CC1OCC(O)CO1. The predicted molar refractivity (Wildman–Crippen MR) is 58.8 cm³/mol. The van der Waals surface area contributed by atoms with Crippen LogP contribution in [0.1, 0.15) is 15.9 Å². The number of carboxylic acid groups (broad SMARTS) is 1. The molecule has 1 aromatic rings. The number of benzene rings is 1. The standard InChI is InChI=1S/C12H14O5/c13-9-6-16-11(17-7-9)5-8-3-1-2-4-10(8)12(14)15/h1-4,9,11,13H,5-7H2,(H,14,15). The fraction of sp³-hybridized carbons (Fsp3) is 0.417. The van der Waals surface area contributed by atoms with E-state index in [9.17, 15) is 9.90 Å². The average molecular weight is 238 g/mol. The first-order valence-corrected chi connectivity index (χ1v) is 5.39. The molecule has 1 aliphatic rings. The molecule has 0 unspecified atom stereocenters. The highest BCUT2D eigenvalue weighted by Gasteiger charge is 2.22. The molecule has 0 amide bonds. The molecule has 5 nitrogen and oxygen atoms in total. The van der Waals surface area contributed by atoms with Crippen LogP contribution in [0.4, 0.5) is 0 Å². The Morgan fingerprint density at radius 3 is 2.59 bits per heavy atom. The van der Waals surface area contributed by atoms with Crippen molar-refractivity contribution in [2.24, 2.45) is 0 Å². The smallest absolute Gasteiger partial charge is 0.335 e. The quantitative estimate of drug-likeness (QED) is 0.809. The number of aliphatic hydroxyl groups is 1. The molecule has 0 aromatic heterocycles. The first kappa shape index (κ1) is 12.0. The Balaban J connectivity index is 2.05. The topological polar surface area (TPSA) is 76.0 Å². The Bertz CT molecular complexity index is 396. The highest BCUT2D eigenvalue weighted by Crippen LogP contribution is 2.16. The highest BCUT2D eigenvalue weighted by atomic mass is 16.7. The van der Waals surface area contributed by atoms with Crippen LogP contribution in [0.3, 0.4) is 0 Å². The third kappa shape index (κ3) is 3.03. The monoisotopic (exact) mass is 238 g/mol. The lowest BCUT2D eigenvalue weighted by Gasteiger charge is -2.26. The highest BCUT2D eigenvalue weighted by molar-refractivity contribution is 5.89. The Hall–Kier alpha value is -1.43. The molecule has 92 valence electrons. The first-order chi connectivity index (χ1) is 8.16. The molecular formula is C12H14O5. The van der Waals surface area contributed by atoms with Gasteiger partial charge in [-0.15, -0.1) is 0 Å². The molecule has 0 aliphatic carbocycles. The molecule has 17 heavy (non-hydrogen) atoms. The Kier molecular flexibility index (Phi) is 3.73. The number of carboxylic acids is 1. The van der Waals surface area contributed by atoms with Crippen LogP contribution >= 0.6 is 0 Å². The maximum atomic E-state index is 11.0. The number of aliphatic hydroxyl groups excluding tert-OH is 1. The van der Waals surface area contributed by atoms with Crippen molar-refractivity contribution in [1.29, 1.82) is 0 Å². The van der Waals surface area contributed by atoms with Gasteiger partial charge >= 0.3 is 5.97 Å². The van der Waals surface area contributed by atoms with E-state index >= 15 is 0 Å². The second kappa shape index (κ2) is 5.27. The molecule has 0 atom stereocenters. The Morgan fingerprint density at radius 2 is 1.94 bits per heavy atom. The third-order valence-corrected chi connectivity index (χ3v) is 2.58. The molecule has 0 spiro atoms. The van der Waals surface area contributed by atoms with Crippen molar-refractivity contribution >= 4 is 5.97 Å². The minimum atomic E-state index is -0.962. The normalized spacial score (nSPS) is 24.5. The van der Waals surface area contributed by atoms with Crippen LogP contribution in [0.2, 0.25) is 0 Å². The van der Waals surface area contributed by atoms with E-state index in [1.165, 1.54) is 0 Å². The largest absolute Gasteiger partial charge is 0.478 e. The van der Waals surface area contributed by atoms with Crippen LogP contribution in [0, 0.1) is 0 Å². The van der Waals surface area contributed by atoms with Crippen LogP contribution in [0.15, 0.2) is 24.3 Å². The van der Waals surface area contributed by atoms with E-state index in [0.29, 0.717) is 12.0 Å². The summed E-state index contributed by atoms with van der Waals surface area (Å²) in [6, 6.07) is 6.75. The number of carbonyl (C=O) groups is 1.